The summed E-state index contributed by atoms with van der Waals surface area (Å²) in [6.07, 6.45) is 5.77. The Labute approximate surface area is 147 Å². The summed E-state index contributed by atoms with van der Waals surface area (Å²) in [6.45, 7) is 4.16. The van der Waals surface area contributed by atoms with Crippen LogP contribution in [0.25, 0.3) is 0 Å². The van der Waals surface area contributed by atoms with Gasteiger partial charge in [0, 0.05) is 6.20 Å². The molecule has 2 rings (SSSR count). The average molecular weight is 336 g/mol. The molecule has 0 radical (unpaired) electrons. The second-order valence-electron chi connectivity index (χ2n) is 5.00. The van der Waals surface area contributed by atoms with E-state index in [9.17, 15) is 4.79 Å². The fraction of sp³-hybridized carbons (Fsp3) is 0.200. The molecule has 5 heteroatoms. The molecule has 0 atom stereocenters. The minimum absolute atomic E-state index is 0.0706. The van der Waals surface area contributed by atoms with Crippen molar-refractivity contribution < 1.29 is 14.3 Å². The monoisotopic (exact) mass is 336 g/mol. The molecule has 5 nitrogen and oxygen atoms in total. The van der Waals surface area contributed by atoms with Crippen LogP contribution in [0, 0.1) is 11.8 Å². The van der Waals surface area contributed by atoms with Gasteiger partial charge in [0.15, 0.2) is 6.61 Å². The van der Waals surface area contributed by atoms with Gasteiger partial charge in [-0.05, 0) is 30.2 Å². The fourth-order valence-corrected chi connectivity index (χ4v) is 1.97. The molecule has 0 aliphatic rings. The second kappa shape index (κ2) is 10.5. The van der Waals surface area contributed by atoms with E-state index in [1.807, 2.05) is 30.3 Å². The number of hydrogen-bond acceptors (Lipinski definition) is 4. The van der Waals surface area contributed by atoms with E-state index < -0.39 is 0 Å². The Morgan fingerprint density at radius 1 is 1.20 bits per heavy atom. The zero-order valence-electron chi connectivity index (χ0n) is 13.9. The van der Waals surface area contributed by atoms with Crippen LogP contribution in [0.5, 0.6) is 11.5 Å². The number of pyridine rings is 1. The highest BCUT2D eigenvalue weighted by atomic mass is 16.5. The quantitative estimate of drug-likeness (QED) is 0.594. The van der Waals surface area contributed by atoms with E-state index in [2.05, 4.69) is 28.7 Å². The standard InChI is InChI=1S/C20H20N2O3/c1-2-8-17-9-3-4-11-19(17)24-14-6-5-13-22-20(23)16-25-18-10-7-12-21-15-18/h2-4,7,9-12,15H,1,8,13-14,16H2,(H,22,23). The van der Waals surface area contributed by atoms with Crippen molar-refractivity contribution in [2.75, 3.05) is 19.8 Å². The third-order valence-corrected chi connectivity index (χ3v) is 3.14. The largest absolute Gasteiger partial charge is 0.482 e. The van der Waals surface area contributed by atoms with Gasteiger partial charge in [0.05, 0.1) is 12.7 Å². The molecule has 0 saturated heterocycles. The molecular formula is C20H20N2O3. The second-order valence-corrected chi connectivity index (χ2v) is 5.00. The molecule has 0 bridgehead atoms. The molecule has 1 N–H and O–H groups in total. The predicted molar refractivity (Wildman–Crippen MR) is 96.4 cm³/mol. The summed E-state index contributed by atoms with van der Waals surface area (Å²) in [6, 6.07) is 11.2. The number of hydrogen-bond donors (Lipinski definition) is 1. The Bertz CT molecular complexity index is 748. The highest BCUT2D eigenvalue weighted by Gasteiger charge is 2.01. The molecule has 0 fully saturated rings. The first-order chi connectivity index (χ1) is 12.3. The third kappa shape index (κ3) is 6.80. The van der Waals surface area contributed by atoms with Gasteiger partial charge in [-0.1, -0.05) is 36.1 Å². The maximum absolute atomic E-state index is 11.6. The first kappa shape index (κ1) is 18.1. The first-order valence-corrected chi connectivity index (χ1v) is 7.86. The van der Waals surface area contributed by atoms with Crippen molar-refractivity contribution in [2.45, 2.75) is 6.42 Å². The highest BCUT2D eigenvalue weighted by molar-refractivity contribution is 5.77. The van der Waals surface area contributed by atoms with Gasteiger partial charge in [-0.15, -0.1) is 6.58 Å². The zero-order chi connectivity index (χ0) is 17.7. The van der Waals surface area contributed by atoms with Gasteiger partial charge in [-0.3, -0.25) is 9.78 Å². The van der Waals surface area contributed by atoms with E-state index >= 15 is 0 Å². The van der Waals surface area contributed by atoms with Crippen molar-refractivity contribution in [3.63, 3.8) is 0 Å². The van der Waals surface area contributed by atoms with Gasteiger partial charge in [-0.25, -0.2) is 0 Å². The first-order valence-electron chi connectivity index (χ1n) is 7.86. The number of ether oxygens (including phenoxy) is 2. The summed E-state index contributed by atoms with van der Waals surface area (Å²) in [5.41, 5.74) is 1.07. The zero-order valence-corrected chi connectivity index (χ0v) is 13.9. The van der Waals surface area contributed by atoms with Crippen LogP contribution in [0.2, 0.25) is 0 Å². The molecule has 0 spiro atoms. The number of carbonyl (C=O) groups is 1. The van der Waals surface area contributed by atoms with E-state index in [1.54, 1.807) is 24.5 Å². The lowest BCUT2D eigenvalue weighted by Gasteiger charge is -2.07. The van der Waals surface area contributed by atoms with Crippen LogP contribution in [-0.2, 0) is 11.2 Å². The Hall–Kier alpha value is -3.26. The average Bonchev–Trinajstić information content (AvgIpc) is 2.65. The Balaban J connectivity index is 1.66. The van der Waals surface area contributed by atoms with Gasteiger partial charge < -0.3 is 14.8 Å². The number of benzene rings is 1. The lowest BCUT2D eigenvalue weighted by molar-refractivity contribution is -0.122. The van der Waals surface area contributed by atoms with Crippen LogP contribution in [-0.4, -0.2) is 30.6 Å². The lowest BCUT2D eigenvalue weighted by Crippen LogP contribution is -2.29. The predicted octanol–water partition coefficient (Wildman–Crippen LogP) is 2.39. The van der Waals surface area contributed by atoms with Gasteiger partial charge in [0.2, 0.25) is 0 Å². The Kier molecular flexibility index (Phi) is 7.60. The smallest absolute Gasteiger partial charge is 0.258 e. The molecule has 2 aromatic rings. The maximum Gasteiger partial charge on any atom is 0.258 e. The summed E-state index contributed by atoms with van der Waals surface area (Å²) in [5, 5.41) is 2.66. The van der Waals surface area contributed by atoms with E-state index in [1.165, 1.54) is 0 Å². The number of nitrogens with zero attached hydrogens (tertiary/aromatic N) is 1. The summed E-state index contributed by atoms with van der Waals surface area (Å²) in [4.78, 5) is 15.5. The molecule has 25 heavy (non-hydrogen) atoms. The minimum Gasteiger partial charge on any atom is -0.482 e. The molecule has 1 aromatic heterocycles. The van der Waals surface area contributed by atoms with Gasteiger partial charge in [0.25, 0.3) is 5.91 Å². The molecule has 1 aromatic carbocycles. The highest BCUT2D eigenvalue weighted by Crippen LogP contribution is 2.18. The normalized spacial score (nSPS) is 9.44. The van der Waals surface area contributed by atoms with Crippen LogP contribution in [0.1, 0.15) is 5.56 Å². The molecule has 128 valence electrons. The number of allylic oxidation sites excluding steroid dienone is 1. The summed E-state index contributed by atoms with van der Waals surface area (Å²) in [7, 11) is 0. The molecule has 0 unspecified atom stereocenters. The fourth-order valence-electron chi connectivity index (χ4n) is 1.97. The lowest BCUT2D eigenvalue weighted by atomic mass is 10.1. The SMILES string of the molecule is C=CCc1ccccc1OCC#CCNC(=O)COc1cccnc1. The molecule has 1 heterocycles. The van der Waals surface area contributed by atoms with Crippen LogP contribution in [0.4, 0.5) is 0 Å². The van der Waals surface area contributed by atoms with Crippen molar-refractivity contribution in [3.05, 3.63) is 67.0 Å². The summed E-state index contributed by atoms with van der Waals surface area (Å²) in [5.74, 6) is 6.82. The molecule has 0 aliphatic carbocycles. The van der Waals surface area contributed by atoms with Crippen molar-refractivity contribution in [1.29, 1.82) is 0 Å². The van der Waals surface area contributed by atoms with Crippen LogP contribution in [0.15, 0.2) is 61.4 Å². The van der Waals surface area contributed by atoms with E-state index in [4.69, 9.17) is 9.47 Å². The molecule has 0 aliphatic heterocycles. The van der Waals surface area contributed by atoms with Crippen molar-refractivity contribution in [1.82, 2.24) is 10.3 Å². The number of aromatic nitrogens is 1. The Morgan fingerprint density at radius 2 is 2.08 bits per heavy atom. The maximum atomic E-state index is 11.6. The van der Waals surface area contributed by atoms with E-state index in [0.29, 0.717) is 5.75 Å². The molecule has 0 saturated carbocycles. The number of nitrogens with one attached hydrogen (secondary N) is 1. The van der Waals surface area contributed by atoms with Crippen molar-refractivity contribution in [2.24, 2.45) is 0 Å². The minimum atomic E-state index is -0.240. The van der Waals surface area contributed by atoms with Gasteiger partial charge in [-0.2, -0.15) is 0 Å². The van der Waals surface area contributed by atoms with Gasteiger partial charge >= 0.3 is 0 Å². The molecule has 1 amide bonds. The Morgan fingerprint density at radius 3 is 2.88 bits per heavy atom. The van der Waals surface area contributed by atoms with Crippen molar-refractivity contribution in [3.8, 4) is 23.3 Å². The third-order valence-electron chi connectivity index (χ3n) is 3.14. The number of rotatable bonds is 8. The van der Waals surface area contributed by atoms with Crippen molar-refractivity contribution >= 4 is 5.91 Å². The number of carbonyl (C=O) groups excluding carboxylic acids is 1. The topological polar surface area (TPSA) is 60.5 Å². The summed E-state index contributed by atoms with van der Waals surface area (Å²) < 4.78 is 10.9. The summed E-state index contributed by atoms with van der Waals surface area (Å²) >= 11 is 0. The van der Waals surface area contributed by atoms with Crippen LogP contribution in [0.3, 0.4) is 0 Å². The van der Waals surface area contributed by atoms with Crippen LogP contribution < -0.4 is 14.8 Å². The molecular weight excluding hydrogens is 316 g/mol. The van der Waals surface area contributed by atoms with Gasteiger partial charge in [0.1, 0.15) is 18.1 Å². The van der Waals surface area contributed by atoms with E-state index in [-0.39, 0.29) is 25.7 Å². The number of para-hydroxylation sites is 1. The van der Waals surface area contributed by atoms with Crippen LogP contribution >= 0.6 is 0 Å². The van der Waals surface area contributed by atoms with E-state index in [0.717, 1.165) is 17.7 Å². The number of amides is 1.